The Labute approximate surface area is 214 Å². The van der Waals surface area contributed by atoms with Crippen molar-refractivity contribution < 1.29 is 14.0 Å². The van der Waals surface area contributed by atoms with Gasteiger partial charge in [0.25, 0.3) is 0 Å². The van der Waals surface area contributed by atoms with Gasteiger partial charge in [0.15, 0.2) is 0 Å². The van der Waals surface area contributed by atoms with Crippen LogP contribution in [-0.4, -0.2) is 28.8 Å². The zero-order valence-electron chi connectivity index (χ0n) is 21.5. The van der Waals surface area contributed by atoms with E-state index in [-0.39, 0.29) is 36.6 Å². The van der Waals surface area contributed by atoms with E-state index in [2.05, 4.69) is 36.5 Å². The highest BCUT2D eigenvalue weighted by atomic mass is 19.1. The normalized spacial score (nSPS) is 12.6. The first-order valence-electron chi connectivity index (χ1n) is 12.9. The third-order valence-corrected chi connectivity index (χ3v) is 6.60. The fourth-order valence-electron chi connectivity index (χ4n) is 4.12. The number of aryl methyl sites for hydroxylation is 2. The molecule has 0 aromatic heterocycles. The lowest BCUT2D eigenvalue weighted by Gasteiger charge is -2.32. The first kappa shape index (κ1) is 27.1. The highest BCUT2D eigenvalue weighted by Gasteiger charge is 2.30. The largest absolute Gasteiger partial charge is 0.352 e. The zero-order chi connectivity index (χ0) is 25.9. The molecule has 2 atom stereocenters. The van der Waals surface area contributed by atoms with Crippen LogP contribution in [0.4, 0.5) is 4.39 Å². The van der Waals surface area contributed by atoms with Crippen LogP contribution < -0.4 is 5.32 Å². The molecule has 1 N–H and O–H groups in total. The van der Waals surface area contributed by atoms with Gasteiger partial charge in [-0.3, -0.25) is 9.59 Å². The molecule has 4 nitrogen and oxygen atoms in total. The van der Waals surface area contributed by atoms with E-state index in [9.17, 15) is 14.0 Å². The van der Waals surface area contributed by atoms with Crippen molar-refractivity contribution in [2.45, 2.75) is 71.5 Å². The van der Waals surface area contributed by atoms with Gasteiger partial charge in [-0.15, -0.1) is 0 Å². The van der Waals surface area contributed by atoms with Crippen LogP contribution >= 0.6 is 0 Å². The molecular weight excluding hydrogens is 451 g/mol. The number of rotatable bonds is 12. The molecule has 0 heterocycles. The molecule has 0 fully saturated rings. The summed E-state index contributed by atoms with van der Waals surface area (Å²) >= 11 is 0. The number of nitrogens with zero attached hydrogens (tertiary/aromatic N) is 1. The lowest BCUT2D eigenvalue weighted by atomic mass is 10.0. The predicted octanol–water partition coefficient (Wildman–Crippen LogP) is 5.88. The van der Waals surface area contributed by atoms with Crippen LogP contribution in [0.25, 0.3) is 0 Å². The summed E-state index contributed by atoms with van der Waals surface area (Å²) in [5.41, 5.74) is 4.11. The minimum absolute atomic E-state index is 0.00405. The third-order valence-electron chi connectivity index (χ3n) is 6.60. The molecule has 0 saturated heterocycles. The molecule has 0 bridgehead atoms. The summed E-state index contributed by atoms with van der Waals surface area (Å²) in [4.78, 5) is 28.8. The quantitative estimate of drug-likeness (QED) is 0.346. The summed E-state index contributed by atoms with van der Waals surface area (Å²) in [6.45, 7) is 6.33. The lowest BCUT2D eigenvalue weighted by molar-refractivity contribution is -0.141. The van der Waals surface area contributed by atoms with Crippen molar-refractivity contribution in [3.63, 3.8) is 0 Å². The van der Waals surface area contributed by atoms with Crippen LogP contribution in [0.5, 0.6) is 0 Å². The molecule has 0 unspecified atom stereocenters. The second kappa shape index (κ2) is 13.6. The maximum atomic E-state index is 13.7. The Morgan fingerprint density at radius 1 is 0.833 bits per heavy atom. The van der Waals surface area contributed by atoms with E-state index < -0.39 is 6.04 Å². The average Bonchev–Trinajstić information content (AvgIpc) is 2.91. The van der Waals surface area contributed by atoms with E-state index in [1.807, 2.05) is 44.2 Å². The van der Waals surface area contributed by atoms with Crippen molar-refractivity contribution in [3.8, 4) is 0 Å². The van der Waals surface area contributed by atoms with Gasteiger partial charge in [0.05, 0.1) is 0 Å². The molecule has 3 aromatic carbocycles. The molecule has 5 heteroatoms. The van der Waals surface area contributed by atoms with Gasteiger partial charge < -0.3 is 10.2 Å². The average molecular weight is 489 g/mol. The first-order valence-corrected chi connectivity index (χ1v) is 12.9. The highest BCUT2D eigenvalue weighted by molar-refractivity contribution is 5.88. The Morgan fingerprint density at radius 2 is 1.44 bits per heavy atom. The van der Waals surface area contributed by atoms with Gasteiger partial charge in [0, 0.05) is 25.4 Å². The molecule has 190 valence electrons. The van der Waals surface area contributed by atoms with Crippen molar-refractivity contribution in [1.29, 1.82) is 0 Å². The van der Waals surface area contributed by atoms with E-state index >= 15 is 0 Å². The van der Waals surface area contributed by atoms with Gasteiger partial charge in [-0.25, -0.2) is 4.39 Å². The molecule has 2 amide bonds. The maximum absolute atomic E-state index is 13.7. The van der Waals surface area contributed by atoms with Crippen molar-refractivity contribution in [1.82, 2.24) is 10.2 Å². The van der Waals surface area contributed by atoms with E-state index in [0.717, 1.165) is 29.5 Å². The lowest BCUT2D eigenvalue weighted by Crippen LogP contribution is -2.52. The van der Waals surface area contributed by atoms with Gasteiger partial charge in [-0.1, -0.05) is 80.6 Å². The van der Waals surface area contributed by atoms with Crippen LogP contribution in [0, 0.1) is 5.82 Å². The molecule has 0 spiro atoms. The van der Waals surface area contributed by atoms with Crippen LogP contribution in [0.15, 0.2) is 78.9 Å². The minimum Gasteiger partial charge on any atom is -0.352 e. The fourth-order valence-corrected chi connectivity index (χ4v) is 4.12. The van der Waals surface area contributed by atoms with E-state index in [4.69, 9.17) is 0 Å². The standard InChI is InChI=1S/C31H37FN2O2/c1-4-23(3)33-31(36)29(21-26-9-7-6-8-10-26)34(22-27-15-18-28(32)19-16-27)30(35)20-17-25-13-11-24(5-2)12-14-25/h6-16,18-19,23,29H,4-5,17,20-22H2,1-3H3,(H,33,36)/t23-,29-/m0/s1. The number of carbonyl (C=O) groups is 2. The second-order valence-electron chi connectivity index (χ2n) is 9.34. The molecular formula is C31H37FN2O2. The third kappa shape index (κ3) is 8.04. The van der Waals surface area contributed by atoms with Crippen molar-refractivity contribution >= 4 is 11.8 Å². The van der Waals surface area contributed by atoms with E-state index in [1.165, 1.54) is 17.7 Å². The number of halogens is 1. The van der Waals surface area contributed by atoms with Gasteiger partial charge in [-0.2, -0.15) is 0 Å². The fraction of sp³-hybridized carbons (Fsp3) is 0.355. The first-order chi connectivity index (χ1) is 17.4. The van der Waals surface area contributed by atoms with Crippen molar-refractivity contribution in [2.24, 2.45) is 0 Å². The predicted molar refractivity (Wildman–Crippen MR) is 143 cm³/mol. The Hall–Kier alpha value is -3.47. The Morgan fingerprint density at radius 3 is 2.06 bits per heavy atom. The highest BCUT2D eigenvalue weighted by Crippen LogP contribution is 2.18. The van der Waals surface area contributed by atoms with E-state index in [0.29, 0.717) is 12.8 Å². The zero-order valence-corrected chi connectivity index (χ0v) is 21.5. The number of amides is 2. The summed E-state index contributed by atoms with van der Waals surface area (Å²) in [5.74, 6) is -0.599. The number of benzene rings is 3. The van der Waals surface area contributed by atoms with Gasteiger partial charge in [0.1, 0.15) is 11.9 Å². The molecule has 36 heavy (non-hydrogen) atoms. The summed E-state index contributed by atoms with van der Waals surface area (Å²) in [5, 5.41) is 3.07. The number of hydrogen-bond acceptors (Lipinski definition) is 2. The van der Waals surface area contributed by atoms with Gasteiger partial charge in [0.2, 0.25) is 11.8 Å². The van der Waals surface area contributed by atoms with Crippen LogP contribution in [0.1, 0.15) is 55.9 Å². The minimum atomic E-state index is -0.679. The smallest absolute Gasteiger partial charge is 0.243 e. The van der Waals surface area contributed by atoms with Crippen LogP contribution in [0.3, 0.4) is 0 Å². The molecule has 3 rings (SSSR count). The summed E-state index contributed by atoms with van der Waals surface area (Å²) in [6, 6.07) is 23.5. The number of nitrogens with one attached hydrogen (secondary N) is 1. The summed E-state index contributed by atoms with van der Waals surface area (Å²) < 4.78 is 13.6. The summed E-state index contributed by atoms with van der Waals surface area (Å²) in [6.07, 6.45) is 3.05. The molecule has 0 radical (unpaired) electrons. The van der Waals surface area contributed by atoms with Gasteiger partial charge >= 0.3 is 0 Å². The maximum Gasteiger partial charge on any atom is 0.243 e. The Bertz CT molecular complexity index is 1100. The Balaban J connectivity index is 1.88. The Kier molecular flexibility index (Phi) is 10.2. The molecule has 3 aromatic rings. The topological polar surface area (TPSA) is 49.4 Å². The van der Waals surface area contributed by atoms with Crippen molar-refractivity contribution in [3.05, 3.63) is 107 Å². The SMILES string of the molecule is CCc1ccc(CCC(=O)N(Cc2ccc(F)cc2)[C@@H](Cc2ccccc2)C(=O)N[C@@H](C)CC)cc1. The van der Waals surface area contributed by atoms with Crippen LogP contribution in [-0.2, 0) is 35.4 Å². The number of carbonyl (C=O) groups excluding carboxylic acids is 2. The molecule has 0 aliphatic heterocycles. The van der Waals surface area contributed by atoms with Crippen molar-refractivity contribution in [2.75, 3.05) is 0 Å². The van der Waals surface area contributed by atoms with Crippen LogP contribution in [0.2, 0.25) is 0 Å². The molecule has 0 aliphatic carbocycles. The second-order valence-corrected chi connectivity index (χ2v) is 9.34. The summed E-state index contributed by atoms with van der Waals surface area (Å²) in [7, 11) is 0. The number of hydrogen-bond donors (Lipinski definition) is 1. The monoisotopic (exact) mass is 488 g/mol. The van der Waals surface area contributed by atoms with Gasteiger partial charge in [-0.05, 0) is 60.6 Å². The van der Waals surface area contributed by atoms with E-state index in [1.54, 1.807) is 17.0 Å². The molecule has 0 aliphatic rings. The molecule has 0 saturated carbocycles.